The first-order chi connectivity index (χ1) is 9.65. The van der Waals surface area contributed by atoms with Crippen LogP contribution in [0.4, 0.5) is 5.82 Å². The van der Waals surface area contributed by atoms with Crippen LogP contribution < -0.4 is 14.8 Å². The zero-order valence-corrected chi connectivity index (χ0v) is 12.5. The summed E-state index contributed by atoms with van der Waals surface area (Å²) in [5.74, 6) is 3.00. The summed E-state index contributed by atoms with van der Waals surface area (Å²) in [5.41, 5.74) is -0.416. The van der Waals surface area contributed by atoms with Gasteiger partial charge in [0.15, 0.2) is 11.5 Å². The standard InChI is InChI=1S/C14H14Cl2N2O2/c1-14(6-15,7-16)18-13-10-5-12-11(19-8-20-12)4-9(10)2-3-17-13/h2-5H,6-8H2,1H3,(H,17,18). The Labute approximate surface area is 127 Å². The number of halogens is 2. The van der Waals surface area contributed by atoms with Crippen molar-refractivity contribution in [1.82, 2.24) is 4.98 Å². The number of ether oxygens (including phenoxy) is 2. The van der Waals surface area contributed by atoms with Gasteiger partial charge in [0.2, 0.25) is 6.79 Å². The number of rotatable bonds is 4. The summed E-state index contributed by atoms with van der Waals surface area (Å²) < 4.78 is 10.8. The van der Waals surface area contributed by atoms with Crippen LogP contribution in [-0.2, 0) is 0 Å². The Hall–Kier alpha value is -1.39. The molecule has 1 aliphatic heterocycles. The summed E-state index contributed by atoms with van der Waals surface area (Å²) in [6.07, 6.45) is 1.75. The fraction of sp³-hybridized carbons (Fsp3) is 0.357. The van der Waals surface area contributed by atoms with E-state index in [0.29, 0.717) is 11.8 Å². The van der Waals surface area contributed by atoms with Crippen molar-refractivity contribution in [2.24, 2.45) is 0 Å². The maximum atomic E-state index is 5.98. The van der Waals surface area contributed by atoms with Crippen molar-refractivity contribution in [2.75, 3.05) is 23.9 Å². The second kappa shape index (κ2) is 5.19. The zero-order valence-electron chi connectivity index (χ0n) is 11.0. The number of anilines is 1. The summed E-state index contributed by atoms with van der Waals surface area (Å²) in [4.78, 5) is 4.39. The quantitative estimate of drug-likeness (QED) is 0.876. The molecule has 0 bridgehead atoms. The van der Waals surface area contributed by atoms with Crippen LogP contribution in [0.3, 0.4) is 0 Å². The molecule has 1 aromatic heterocycles. The minimum atomic E-state index is -0.416. The molecule has 0 saturated carbocycles. The first-order valence-electron chi connectivity index (χ1n) is 6.24. The lowest BCUT2D eigenvalue weighted by molar-refractivity contribution is 0.174. The van der Waals surface area contributed by atoms with Crippen LogP contribution in [0.2, 0.25) is 0 Å². The van der Waals surface area contributed by atoms with E-state index in [0.717, 1.165) is 28.1 Å². The molecule has 1 N–H and O–H groups in total. The van der Waals surface area contributed by atoms with E-state index >= 15 is 0 Å². The SMILES string of the molecule is CC(CCl)(CCl)Nc1nccc2cc3c(cc12)OCO3. The average Bonchev–Trinajstić information content (AvgIpc) is 2.92. The van der Waals surface area contributed by atoms with E-state index in [1.807, 2.05) is 25.1 Å². The molecule has 0 aliphatic carbocycles. The average molecular weight is 313 g/mol. The molecule has 20 heavy (non-hydrogen) atoms. The largest absolute Gasteiger partial charge is 0.454 e. The van der Waals surface area contributed by atoms with Crippen LogP contribution in [0.1, 0.15) is 6.92 Å². The minimum absolute atomic E-state index is 0.253. The molecule has 0 amide bonds. The zero-order chi connectivity index (χ0) is 14.2. The second-order valence-corrected chi connectivity index (χ2v) is 5.57. The van der Waals surface area contributed by atoms with E-state index in [1.54, 1.807) is 6.20 Å². The highest BCUT2D eigenvalue weighted by atomic mass is 35.5. The summed E-state index contributed by atoms with van der Waals surface area (Å²) in [6, 6.07) is 5.81. The molecule has 1 aromatic carbocycles. The number of nitrogens with zero attached hydrogens (tertiary/aromatic N) is 1. The van der Waals surface area contributed by atoms with Crippen LogP contribution in [0.15, 0.2) is 24.4 Å². The Bertz CT molecular complexity index is 644. The van der Waals surface area contributed by atoms with E-state index in [1.165, 1.54) is 0 Å². The number of fused-ring (bicyclic) bond motifs is 2. The van der Waals surface area contributed by atoms with Crippen LogP contribution >= 0.6 is 23.2 Å². The molecule has 0 spiro atoms. The number of nitrogens with one attached hydrogen (secondary N) is 1. The lowest BCUT2D eigenvalue weighted by Gasteiger charge is -2.27. The molecule has 3 rings (SSSR count). The first kappa shape index (κ1) is 13.6. The minimum Gasteiger partial charge on any atom is -0.454 e. The first-order valence-corrected chi connectivity index (χ1v) is 7.30. The number of alkyl halides is 2. The smallest absolute Gasteiger partial charge is 0.231 e. The number of hydrogen-bond donors (Lipinski definition) is 1. The Kier molecular flexibility index (Phi) is 3.52. The molecule has 4 nitrogen and oxygen atoms in total. The van der Waals surface area contributed by atoms with Gasteiger partial charge in [0.25, 0.3) is 0 Å². The van der Waals surface area contributed by atoms with Crippen molar-refractivity contribution in [3.8, 4) is 11.5 Å². The van der Waals surface area contributed by atoms with Gasteiger partial charge in [0.05, 0.1) is 5.54 Å². The Morgan fingerprint density at radius 2 is 1.95 bits per heavy atom. The molecular weight excluding hydrogens is 299 g/mol. The lowest BCUT2D eigenvalue weighted by atomic mass is 10.1. The number of aromatic nitrogens is 1. The number of benzene rings is 1. The summed E-state index contributed by atoms with van der Waals surface area (Å²) in [6.45, 7) is 2.21. The van der Waals surface area contributed by atoms with Crippen LogP contribution in [0.5, 0.6) is 11.5 Å². The molecule has 0 unspecified atom stereocenters. The second-order valence-electron chi connectivity index (χ2n) is 5.04. The van der Waals surface area contributed by atoms with Gasteiger partial charge in [0.1, 0.15) is 5.82 Å². The van der Waals surface area contributed by atoms with E-state index in [-0.39, 0.29) is 6.79 Å². The fourth-order valence-electron chi connectivity index (χ4n) is 2.05. The van der Waals surface area contributed by atoms with E-state index in [9.17, 15) is 0 Å². The van der Waals surface area contributed by atoms with Crippen LogP contribution in [0, 0.1) is 0 Å². The van der Waals surface area contributed by atoms with Gasteiger partial charge in [-0.25, -0.2) is 4.98 Å². The normalized spacial score (nSPS) is 13.8. The maximum Gasteiger partial charge on any atom is 0.231 e. The highest BCUT2D eigenvalue weighted by Crippen LogP contribution is 2.38. The summed E-state index contributed by atoms with van der Waals surface area (Å²) in [5, 5.41) is 5.30. The predicted molar refractivity (Wildman–Crippen MR) is 81.3 cm³/mol. The molecule has 1 aliphatic rings. The molecule has 0 saturated heterocycles. The van der Waals surface area contributed by atoms with Crippen LogP contribution in [0.25, 0.3) is 10.8 Å². The molecule has 0 fully saturated rings. The lowest BCUT2D eigenvalue weighted by Crippen LogP contribution is -2.39. The number of hydrogen-bond acceptors (Lipinski definition) is 4. The highest BCUT2D eigenvalue weighted by molar-refractivity contribution is 6.22. The topological polar surface area (TPSA) is 43.4 Å². The Morgan fingerprint density at radius 3 is 2.65 bits per heavy atom. The monoisotopic (exact) mass is 312 g/mol. The summed E-state index contributed by atoms with van der Waals surface area (Å²) >= 11 is 12.0. The molecule has 106 valence electrons. The molecule has 6 heteroatoms. The van der Waals surface area contributed by atoms with Crippen molar-refractivity contribution in [3.63, 3.8) is 0 Å². The fourth-order valence-corrected chi connectivity index (χ4v) is 2.47. The molecule has 2 aromatic rings. The van der Waals surface area contributed by atoms with E-state index in [2.05, 4.69) is 10.3 Å². The Balaban J connectivity index is 2.07. The van der Waals surface area contributed by atoms with Gasteiger partial charge in [-0.3, -0.25) is 0 Å². The van der Waals surface area contributed by atoms with E-state index < -0.39 is 5.54 Å². The van der Waals surface area contributed by atoms with Gasteiger partial charge < -0.3 is 14.8 Å². The van der Waals surface area contributed by atoms with E-state index in [4.69, 9.17) is 32.7 Å². The highest BCUT2D eigenvalue weighted by Gasteiger charge is 2.24. The van der Waals surface area contributed by atoms with Crippen LogP contribution in [-0.4, -0.2) is 29.1 Å². The molecular formula is C14H14Cl2N2O2. The predicted octanol–water partition coefficient (Wildman–Crippen LogP) is 3.61. The summed E-state index contributed by atoms with van der Waals surface area (Å²) in [7, 11) is 0. The van der Waals surface area contributed by atoms with Crippen molar-refractivity contribution in [1.29, 1.82) is 0 Å². The van der Waals surface area contributed by atoms with Crippen molar-refractivity contribution in [2.45, 2.75) is 12.5 Å². The Morgan fingerprint density at radius 1 is 1.25 bits per heavy atom. The van der Waals surface area contributed by atoms with Crippen molar-refractivity contribution >= 4 is 39.8 Å². The van der Waals surface area contributed by atoms with Gasteiger partial charge in [0, 0.05) is 23.3 Å². The van der Waals surface area contributed by atoms with Gasteiger partial charge in [-0.05, 0) is 30.5 Å². The number of pyridine rings is 1. The van der Waals surface area contributed by atoms with Crippen molar-refractivity contribution < 1.29 is 9.47 Å². The van der Waals surface area contributed by atoms with Gasteiger partial charge >= 0.3 is 0 Å². The third-order valence-electron chi connectivity index (χ3n) is 3.27. The third-order valence-corrected chi connectivity index (χ3v) is 4.45. The maximum absolute atomic E-state index is 5.98. The molecule has 0 atom stereocenters. The van der Waals surface area contributed by atoms with Gasteiger partial charge in [-0.2, -0.15) is 0 Å². The molecule has 2 heterocycles. The molecule has 0 radical (unpaired) electrons. The van der Waals surface area contributed by atoms with Gasteiger partial charge in [-0.15, -0.1) is 23.2 Å². The van der Waals surface area contributed by atoms with Gasteiger partial charge in [-0.1, -0.05) is 0 Å². The third kappa shape index (κ3) is 2.34. The van der Waals surface area contributed by atoms with Crippen molar-refractivity contribution in [3.05, 3.63) is 24.4 Å².